The number of carbonyl (C=O) groups excluding carboxylic acids is 4. The SMILES string of the molecule is COC(=O)CN1CCN(CC=O)CCN(CC(=O)OC)CCN(CC(=O)OC)CC1. The van der Waals surface area contributed by atoms with Crippen LogP contribution in [0.1, 0.15) is 0 Å². The molecule has 30 heavy (non-hydrogen) atoms. The fourth-order valence-electron chi connectivity index (χ4n) is 3.08. The largest absolute Gasteiger partial charge is 0.468 e. The van der Waals surface area contributed by atoms with E-state index in [1.54, 1.807) is 0 Å². The van der Waals surface area contributed by atoms with E-state index in [0.717, 1.165) is 6.29 Å². The summed E-state index contributed by atoms with van der Waals surface area (Å²) in [4.78, 5) is 54.2. The van der Waals surface area contributed by atoms with Crippen molar-refractivity contribution in [1.29, 1.82) is 0 Å². The van der Waals surface area contributed by atoms with Crippen molar-refractivity contribution in [2.75, 3.05) is 99.9 Å². The molecule has 1 aliphatic rings. The summed E-state index contributed by atoms with van der Waals surface area (Å²) >= 11 is 0. The Bertz CT molecular complexity index is 527. The molecule has 0 unspecified atom stereocenters. The Balaban J connectivity index is 2.92. The monoisotopic (exact) mass is 430 g/mol. The zero-order valence-electron chi connectivity index (χ0n) is 18.2. The van der Waals surface area contributed by atoms with Gasteiger partial charge in [-0.1, -0.05) is 0 Å². The Hall–Kier alpha value is -2.08. The van der Waals surface area contributed by atoms with Crippen molar-refractivity contribution in [2.45, 2.75) is 0 Å². The van der Waals surface area contributed by atoms with Crippen LogP contribution in [0.5, 0.6) is 0 Å². The average molecular weight is 431 g/mol. The molecule has 1 heterocycles. The molecule has 0 radical (unpaired) electrons. The zero-order valence-corrected chi connectivity index (χ0v) is 18.2. The van der Waals surface area contributed by atoms with Crippen molar-refractivity contribution in [2.24, 2.45) is 0 Å². The maximum absolute atomic E-state index is 11.8. The van der Waals surface area contributed by atoms with Crippen molar-refractivity contribution >= 4 is 24.2 Å². The van der Waals surface area contributed by atoms with Gasteiger partial charge in [0.2, 0.25) is 0 Å². The number of hydrogen-bond donors (Lipinski definition) is 0. The highest BCUT2D eigenvalue weighted by atomic mass is 16.5. The van der Waals surface area contributed by atoms with E-state index in [0.29, 0.717) is 52.4 Å². The number of hydrogen-bond acceptors (Lipinski definition) is 11. The number of methoxy groups -OCH3 is 3. The molecule has 172 valence electrons. The van der Waals surface area contributed by atoms with Gasteiger partial charge in [-0.25, -0.2) is 0 Å². The lowest BCUT2D eigenvalue weighted by atomic mass is 10.3. The van der Waals surface area contributed by atoms with Gasteiger partial charge in [0.25, 0.3) is 0 Å². The van der Waals surface area contributed by atoms with Crippen LogP contribution in [0.25, 0.3) is 0 Å². The van der Waals surface area contributed by atoms with Gasteiger partial charge >= 0.3 is 17.9 Å². The Morgan fingerprint density at radius 3 is 1.10 bits per heavy atom. The third-order valence-corrected chi connectivity index (χ3v) is 5.00. The number of rotatable bonds is 8. The Morgan fingerprint density at radius 1 is 0.600 bits per heavy atom. The number of esters is 3. The van der Waals surface area contributed by atoms with Crippen molar-refractivity contribution in [3.8, 4) is 0 Å². The Labute approximate surface area is 177 Å². The summed E-state index contributed by atoms with van der Waals surface area (Å²) in [5, 5.41) is 0. The third-order valence-electron chi connectivity index (χ3n) is 5.00. The third kappa shape index (κ3) is 10.6. The second-order valence-electron chi connectivity index (χ2n) is 7.02. The van der Waals surface area contributed by atoms with E-state index in [1.165, 1.54) is 21.3 Å². The molecule has 1 fully saturated rings. The van der Waals surface area contributed by atoms with E-state index in [4.69, 9.17) is 14.2 Å². The molecule has 11 nitrogen and oxygen atoms in total. The van der Waals surface area contributed by atoms with Crippen molar-refractivity contribution in [3.05, 3.63) is 0 Å². The molecule has 0 aromatic heterocycles. The predicted molar refractivity (Wildman–Crippen MR) is 108 cm³/mol. The topological polar surface area (TPSA) is 109 Å². The van der Waals surface area contributed by atoms with Crippen molar-refractivity contribution < 1.29 is 33.4 Å². The standard InChI is InChI=1S/C19H34N4O7/c1-28-17(25)14-21-6-4-20(12-13-24)5-7-22(15-18(26)29-2)9-11-23(10-8-21)16-19(27)30-3/h13H,4-12,14-16H2,1-3H3. The first kappa shape index (κ1) is 26.0. The second kappa shape index (κ2) is 14.8. The van der Waals surface area contributed by atoms with Crippen molar-refractivity contribution in [1.82, 2.24) is 19.6 Å². The zero-order chi connectivity index (χ0) is 22.4. The number of nitrogens with zero attached hydrogens (tertiary/aromatic N) is 4. The highest BCUT2D eigenvalue weighted by Gasteiger charge is 2.20. The Kier molecular flexibility index (Phi) is 12.8. The van der Waals surface area contributed by atoms with Crippen LogP contribution in [-0.4, -0.2) is 144 Å². The summed E-state index contributed by atoms with van der Waals surface area (Å²) < 4.78 is 14.4. The fourth-order valence-corrected chi connectivity index (χ4v) is 3.08. The summed E-state index contributed by atoms with van der Waals surface area (Å²) in [6.07, 6.45) is 0.846. The van der Waals surface area contributed by atoms with Crippen LogP contribution >= 0.6 is 0 Å². The summed E-state index contributed by atoms with van der Waals surface area (Å²) in [5.41, 5.74) is 0. The minimum absolute atomic E-state index is 0.117. The molecule has 1 aliphatic heterocycles. The van der Waals surface area contributed by atoms with Crippen LogP contribution in [0.15, 0.2) is 0 Å². The molecule has 0 spiro atoms. The molecular weight excluding hydrogens is 396 g/mol. The van der Waals surface area contributed by atoms with Gasteiger partial charge in [0.15, 0.2) is 0 Å². The second-order valence-corrected chi connectivity index (χ2v) is 7.02. The fraction of sp³-hybridized carbons (Fsp3) is 0.789. The maximum atomic E-state index is 11.8. The quantitative estimate of drug-likeness (QED) is 0.241. The Morgan fingerprint density at radius 2 is 0.867 bits per heavy atom. The van der Waals surface area contributed by atoms with Gasteiger partial charge in [-0.3, -0.25) is 34.0 Å². The van der Waals surface area contributed by atoms with E-state index in [-0.39, 0.29) is 44.1 Å². The lowest BCUT2D eigenvalue weighted by molar-refractivity contribution is -0.144. The number of carbonyl (C=O) groups is 4. The highest BCUT2D eigenvalue weighted by molar-refractivity contribution is 5.72. The summed E-state index contributed by atoms with van der Waals surface area (Å²) in [5.74, 6) is -1.03. The molecule has 0 bridgehead atoms. The maximum Gasteiger partial charge on any atom is 0.319 e. The molecular formula is C19H34N4O7. The molecule has 11 heteroatoms. The molecule has 0 aromatic carbocycles. The van der Waals surface area contributed by atoms with Gasteiger partial charge < -0.3 is 19.0 Å². The van der Waals surface area contributed by atoms with Crippen LogP contribution in [0.3, 0.4) is 0 Å². The van der Waals surface area contributed by atoms with Gasteiger partial charge in [0.05, 0.1) is 47.5 Å². The van der Waals surface area contributed by atoms with Gasteiger partial charge in [-0.15, -0.1) is 0 Å². The number of ether oxygens (including phenoxy) is 3. The van der Waals surface area contributed by atoms with Crippen LogP contribution in [-0.2, 0) is 33.4 Å². The number of aldehydes is 1. The molecule has 0 amide bonds. The average Bonchev–Trinajstić information content (AvgIpc) is 2.74. The lowest BCUT2D eigenvalue weighted by Gasteiger charge is -2.32. The van der Waals surface area contributed by atoms with Crippen LogP contribution in [0.4, 0.5) is 0 Å². The van der Waals surface area contributed by atoms with E-state index < -0.39 is 0 Å². The highest BCUT2D eigenvalue weighted by Crippen LogP contribution is 2.02. The van der Waals surface area contributed by atoms with Crippen LogP contribution in [0.2, 0.25) is 0 Å². The normalized spacial score (nSPS) is 18.6. The van der Waals surface area contributed by atoms with Gasteiger partial charge in [0, 0.05) is 52.4 Å². The first-order valence-electron chi connectivity index (χ1n) is 9.95. The molecule has 0 atom stereocenters. The van der Waals surface area contributed by atoms with E-state index in [9.17, 15) is 19.2 Å². The molecule has 0 N–H and O–H groups in total. The smallest absolute Gasteiger partial charge is 0.319 e. The van der Waals surface area contributed by atoms with Crippen LogP contribution in [0, 0.1) is 0 Å². The van der Waals surface area contributed by atoms with Gasteiger partial charge in [0.1, 0.15) is 6.29 Å². The van der Waals surface area contributed by atoms with Gasteiger partial charge in [-0.2, -0.15) is 0 Å². The summed E-state index contributed by atoms with van der Waals surface area (Å²) in [6, 6.07) is 0. The summed E-state index contributed by atoms with van der Waals surface area (Å²) in [6.45, 7) is 5.08. The molecule has 0 saturated carbocycles. The summed E-state index contributed by atoms with van der Waals surface area (Å²) in [7, 11) is 4.03. The molecule has 0 aliphatic carbocycles. The molecule has 1 saturated heterocycles. The van der Waals surface area contributed by atoms with E-state index >= 15 is 0 Å². The first-order valence-corrected chi connectivity index (χ1v) is 9.95. The molecule has 1 rings (SSSR count). The van der Waals surface area contributed by atoms with E-state index in [2.05, 4.69) is 0 Å². The minimum atomic E-state index is -0.349. The van der Waals surface area contributed by atoms with Crippen LogP contribution < -0.4 is 0 Å². The van der Waals surface area contributed by atoms with Crippen molar-refractivity contribution in [3.63, 3.8) is 0 Å². The predicted octanol–water partition coefficient (Wildman–Crippen LogP) is -2.07. The van der Waals surface area contributed by atoms with Gasteiger partial charge in [-0.05, 0) is 0 Å². The first-order chi connectivity index (χ1) is 14.4. The minimum Gasteiger partial charge on any atom is -0.468 e. The lowest BCUT2D eigenvalue weighted by Crippen LogP contribution is -2.48. The molecule has 0 aromatic rings. The van der Waals surface area contributed by atoms with E-state index in [1.807, 2.05) is 19.6 Å².